The first-order chi connectivity index (χ1) is 50.2. The van der Waals surface area contributed by atoms with Gasteiger partial charge in [-0.1, -0.05) is 186 Å². The lowest BCUT2D eigenvalue weighted by Crippen LogP contribution is -2.25. The van der Waals surface area contributed by atoms with E-state index >= 15 is 0 Å². The van der Waals surface area contributed by atoms with Crippen molar-refractivity contribution < 1.29 is 68.9 Å². The van der Waals surface area contributed by atoms with Crippen LogP contribution in [0.4, 0.5) is 57.0 Å². The van der Waals surface area contributed by atoms with Crippen molar-refractivity contribution >= 4 is 139 Å². The number of aromatic nitrogens is 6. The van der Waals surface area contributed by atoms with E-state index in [1.165, 1.54) is 18.6 Å². The number of anilines is 3. The molecule has 106 heavy (non-hydrogen) atoms. The number of carbonyl (C=O) groups is 4. The quantitative estimate of drug-likeness (QED) is 0.0239. The largest absolute Gasteiger partial charge is 0.479 e. The maximum absolute atomic E-state index is 13.1. The molecule has 11 aromatic rings. The lowest BCUT2D eigenvalue weighted by molar-refractivity contribution is -0.147. The number of hydrogen-bond donors (Lipinski definition) is 7. The number of aliphatic hydroxyl groups is 1. The van der Waals surface area contributed by atoms with E-state index in [4.69, 9.17) is 78.9 Å². The van der Waals surface area contributed by atoms with Gasteiger partial charge in [-0.2, -0.15) is 39.5 Å². The Bertz CT molecular complexity index is 4650. The van der Waals surface area contributed by atoms with Crippen molar-refractivity contribution in [1.29, 1.82) is 0 Å². The normalized spacial score (nSPS) is 12.3. The molecule has 0 aliphatic heterocycles. The Morgan fingerprint density at radius 1 is 0.481 bits per heavy atom. The molecule has 554 valence electrons. The summed E-state index contributed by atoms with van der Waals surface area (Å²) in [4.78, 5) is 76.8. The molecule has 0 radical (unpaired) electrons. The number of carbonyl (C=O) groups excluding carboxylic acids is 3. The monoisotopic (exact) mass is 1620 g/mol. The number of nitrogens with two attached hydrogens (primary N) is 1. The van der Waals surface area contributed by atoms with Crippen LogP contribution in [0.15, 0.2) is 212 Å². The highest BCUT2D eigenvalue weighted by Gasteiger charge is 2.36. The number of nitrogens with zero attached hydrogens (tertiary/aromatic N) is 7. The Morgan fingerprint density at radius 3 is 1.12 bits per heavy atom. The summed E-state index contributed by atoms with van der Waals surface area (Å²) in [7, 11) is 0. The molecule has 3 atom stereocenters. The standard InChI is InChI=1S/C25H20ClF3N4OS.C25H18ClF3N4OS.C12H10ClF3N4OS.C8H8O3.CH2Cl2/c2*1-15(32-22(16-8-4-2-5-9-16)17-10-6-3-7-11-17)24-31-14-20(35-24)23(34)33-21-12-18(25(27,28)29)19(26)13-30-21;1-5(17)11-19-4-8(22-11)10(21)20-9-2-6(12(14,15)16)7(13)3-18-9;9-7(8(10)11)6-4-2-1-3-5-6;2-1-3/h2-15,22,32H,1H3,(H,30,33,34);2-14,22H,1H3,(H,30,33,34);2-5H,17H2,1H3,(H,18,20,21);1-5,7,9H,(H,10,11);1H2/t15-;;5-;7-;/m1.10./s1. The fourth-order valence-electron chi connectivity index (χ4n) is 9.08. The van der Waals surface area contributed by atoms with Crippen LogP contribution in [0, 0.1) is 0 Å². The SMILES string of the molecule is CC(=NC(c1ccccc1)c1ccccc1)c1ncc(C(=O)Nc2cc(C(F)(F)F)c(Cl)cn2)s1.C[C@@H](N)c1ncc(C(=O)Nc2cc(C(F)(F)F)c(Cl)cn2)s1.C[C@@H](NC(c1ccccc1)c1ccccc1)c1ncc(C(=O)Nc2cc(C(F)(F)F)c(Cl)cn2)s1.ClCCl.O=C(O)[C@@H](O)c1ccccc1. The molecule has 18 nitrogen and oxygen atoms in total. The summed E-state index contributed by atoms with van der Waals surface area (Å²) in [5.41, 5.74) is 7.59. The average molecular weight is 1620 g/mol. The first-order valence-corrected chi connectivity index (χ1v) is 35.2. The molecule has 5 aromatic carbocycles. The topological polar surface area (TPSA) is 273 Å². The molecule has 0 bridgehead atoms. The van der Waals surface area contributed by atoms with Crippen molar-refractivity contribution in [3.05, 3.63) is 296 Å². The molecule has 3 amide bonds. The Labute approximate surface area is 636 Å². The number of halogens is 14. The van der Waals surface area contributed by atoms with Gasteiger partial charge >= 0.3 is 24.5 Å². The zero-order valence-corrected chi connectivity index (χ0v) is 61.2. The van der Waals surface area contributed by atoms with Crippen molar-refractivity contribution in [3.63, 3.8) is 0 Å². The summed E-state index contributed by atoms with van der Waals surface area (Å²) in [5.74, 6) is -3.85. The second-order valence-corrected chi connectivity index (χ2v) is 27.0. The van der Waals surface area contributed by atoms with Gasteiger partial charge < -0.3 is 31.9 Å². The van der Waals surface area contributed by atoms with Gasteiger partial charge in [0.25, 0.3) is 17.7 Å². The van der Waals surface area contributed by atoms with Crippen LogP contribution in [0.25, 0.3) is 0 Å². The van der Waals surface area contributed by atoms with Gasteiger partial charge in [-0.25, -0.2) is 34.7 Å². The molecule has 0 aliphatic carbocycles. The van der Waals surface area contributed by atoms with Gasteiger partial charge in [0.15, 0.2) is 6.10 Å². The van der Waals surface area contributed by atoms with Crippen LogP contribution in [0.5, 0.6) is 0 Å². The van der Waals surface area contributed by atoms with Crippen molar-refractivity contribution in [2.24, 2.45) is 10.7 Å². The van der Waals surface area contributed by atoms with Crippen LogP contribution in [-0.2, 0) is 23.3 Å². The van der Waals surface area contributed by atoms with Gasteiger partial charge in [0.05, 0.1) is 79.5 Å². The highest BCUT2D eigenvalue weighted by atomic mass is 35.5. The van der Waals surface area contributed by atoms with E-state index in [1.807, 2.05) is 128 Å². The maximum atomic E-state index is 13.1. The van der Waals surface area contributed by atoms with Gasteiger partial charge in [0.2, 0.25) is 0 Å². The van der Waals surface area contributed by atoms with Crippen LogP contribution in [0.2, 0.25) is 15.1 Å². The summed E-state index contributed by atoms with van der Waals surface area (Å²) in [5, 5.41) is 28.3. The molecule has 0 spiro atoms. The minimum absolute atomic E-state index is 0.104. The van der Waals surface area contributed by atoms with Gasteiger partial charge in [0.1, 0.15) is 53.1 Å². The van der Waals surface area contributed by atoms with Crippen molar-refractivity contribution in [3.8, 4) is 0 Å². The minimum atomic E-state index is -4.67. The fraction of sp³-hybridized carbons (Fsp3) is 0.169. The van der Waals surface area contributed by atoms with Crippen LogP contribution >= 0.6 is 92.0 Å². The van der Waals surface area contributed by atoms with E-state index in [0.29, 0.717) is 44.5 Å². The van der Waals surface area contributed by atoms with Crippen molar-refractivity contribution in [1.82, 2.24) is 35.2 Å². The third-order valence-electron chi connectivity index (χ3n) is 14.1. The number of pyridine rings is 3. The molecule has 11 rings (SSSR count). The zero-order valence-electron chi connectivity index (χ0n) is 55.0. The number of carboxylic acids is 1. The first kappa shape index (κ1) is 84.0. The molecule has 0 saturated heterocycles. The summed E-state index contributed by atoms with van der Waals surface area (Å²) >= 11 is 29.5. The van der Waals surface area contributed by atoms with E-state index in [0.717, 1.165) is 74.9 Å². The molecule has 6 aromatic heterocycles. The van der Waals surface area contributed by atoms with Gasteiger partial charge in [-0.05, 0) is 66.8 Å². The highest BCUT2D eigenvalue weighted by Crippen LogP contribution is 2.39. The molecule has 0 unspecified atom stereocenters. The molecule has 0 fully saturated rings. The average Bonchev–Trinajstić information content (AvgIpc) is 1.16. The second kappa shape index (κ2) is 39.3. The summed E-state index contributed by atoms with van der Waals surface area (Å²) < 4.78 is 117. The third kappa shape index (κ3) is 24.9. The number of alkyl halides is 11. The number of benzene rings is 5. The lowest BCUT2D eigenvalue weighted by Gasteiger charge is -2.23. The number of aliphatic carboxylic acids is 1. The molecule has 8 N–H and O–H groups in total. The summed E-state index contributed by atoms with van der Waals surface area (Å²) in [6.45, 7) is 5.45. The summed E-state index contributed by atoms with van der Waals surface area (Å²) in [6.07, 6.45) is -8.77. The van der Waals surface area contributed by atoms with Crippen LogP contribution < -0.4 is 27.0 Å². The van der Waals surface area contributed by atoms with E-state index in [9.17, 15) is 58.7 Å². The molecular formula is C71H58Cl5F9N12O6S3. The smallest absolute Gasteiger partial charge is 0.418 e. The maximum Gasteiger partial charge on any atom is 0.418 e. The molecule has 6 heterocycles. The Hall–Kier alpha value is -9.31. The Balaban J connectivity index is 0.000000207. The fourth-order valence-corrected chi connectivity index (χ4v) is 12.1. The number of rotatable bonds is 18. The van der Waals surface area contributed by atoms with E-state index < -0.39 is 80.1 Å². The number of carboxylic acid groups (broad SMARTS) is 1. The number of amides is 3. The van der Waals surface area contributed by atoms with Crippen molar-refractivity contribution in [2.45, 2.75) is 69.6 Å². The second-order valence-electron chi connectivity index (χ2n) is 21.8. The van der Waals surface area contributed by atoms with E-state index in [-0.39, 0.29) is 61.6 Å². The summed E-state index contributed by atoms with van der Waals surface area (Å²) in [6, 6.07) is 48.9. The van der Waals surface area contributed by atoms with E-state index in [1.54, 1.807) is 44.2 Å². The van der Waals surface area contributed by atoms with Crippen LogP contribution in [0.3, 0.4) is 0 Å². The number of aliphatic imine (C=N–C) groups is 1. The van der Waals surface area contributed by atoms with Gasteiger partial charge in [-0.15, -0.1) is 57.2 Å². The molecule has 0 aliphatic rings. The van der Waals surface area contributed by atoms with Gasteiger partial charge in [-0.3, -0.25) is 24.7 Å². The Kier molecular flexibility index (Phi) is 31.2. The predicted molar refractivity (Wildman–Crippen MR) is 394 cm³/mol. The Morgan fingerprint density at radius 2 is 0.792 bits per heavy atom. The molecule has 0 saturated carbocycles. The number of hydrogen-bond acceptors (Lipinski definition) is 17. The number of nitrogens with one attached hydrogen (secondary N) is 4. The number of thiazole rings is 3. The predicted octanol–water partition coefficient (Wildman–Crippen LogP) is 19.7. The highest BCUT2D eigenvalue weighted by molar-refractivity contribution is 7.15. The number of aliphatic hydroxyl groups excluding tert-OH is 1. The van der Waals surface area contributed by atoms with Crippen LogP contribution in [0.1, 0.15) is 140 Å². The van der Waals surface area contributed by atoms with E-state index in [2.05, 4.69) is 51.2 Å². The lowest BCUT2D eigenvalue weighted by atomic mass is 9.98. The van der Waals surface area contributed by atoms with Gasteiger partial charge in [0, 0.05) is 18.6 Å². The van der Waals surface area contributed by atoms with Crippen LogP contribution in [-0.4, -0.2) is 74.9 Å². The van der Waals surface area contributed by atoms with Crippen molar-refractivity contribution in [2.75, 3.05) is 21.3 Å². The molecular weight excluding hydrogens is 1560 g/mol. The minimum Gasteiger partial charge on any atom is -0.479 e. The molecule has 35 heteroatoms. The first-order valence-electron chi connectivity index (χ1n) is 30.6. The third-order valence-corrected chi connectivity index (χ3v) is 18.5. The zero-order chi connectivity index (χ0) is 77.5.